The maximum Gasteiger partial charge on any atom is 0.345 e. The Hall–Kier alpha value is -6.57. The van der Waals surface area contributed by atoms with Crippen molar-refractivity contribution < 1.29 is 23.1 Å². The number of unbranched alkanes of at least 4 members (excludes halogenated alkanes) is 1. The number of carboxylic acid groups (broad SMARTS) is 1. The van der Waals surface area contributed by atoms with Crippen LogP contribution in [0.1, 0.15) is 63.0 Å². The number of anilines is 1. The number of hydrogen-bond acceptors (Lipinski definition) is 7. The smallest absolute Gasteiger partial charge is 0.345 e. The molecular formula is C45H45N7O5S. The predicted molar refractivity (Wildman–Crippen MR) is 224 cm³/mol. The highest BCUT2D eigenvalue weighted by molar-refractivity contribution is 7.89. The van der Waals surface area contributed by atoms with Crippen molar-refractivity contribution in [2.75, 3.05) is 11.9 Å². The number of nitrogens with one attached hydrogen (secondary N) is 4. The van der Waals surface area contributed by atoms with E-state index in [1.807, 2.05) is 67.7 Å². The minimum Gasteiger partial charge on any atom is -0.478 e. The molecule has 12 nitrogen and oxygen atoms in total. The molecule has 2 heterocycles. The van der Waals surface area contributed by atoms with Gasteiger partial charge in [0.15, 0.2) is 0 Å². The summed E-state index contributed by atoms with van der Waals surface area (Å²) in [6.45, 7) is 5.53. The molecule has 0 saturated carbocycles. The van der Waals surface area contributed by atoms with E-state index in [4.69, 9.17) is 4.98 Å². The van der Waals surface area contributed by atoms with Gasteiger partial charge >= 0.3 is 5.97 Å². The quantitative estimate of drug-likeness (QED) is 0.0386. The van der Waals surface area contributed by atoms with Gasteiger partial charge in [-0.1, -0.05) is 109 Å². The first kappa shape index (κ1) is 39.7. The number of carboxylic acids is 1. The van der Waals surface area contributed by atoms with Crippen LogP contribution in [-0.2, 0) is 20.4 Å². The van der Waals surface area contributed by atoms with Crippen LogP contribution in [0.4, 0.5) is 5.95 Å². The summed E-state index contributed by atoms with van der Waals surface area (Å²) in [5.74, 6) is -1.72. The summed E-state index contributed by atoms with van der Waals surface area (Å²) < 4.78 is 32.8. The average molecular weight is 796 g/mol. The van der Waals surface area contributed by atoms with Gasteiger partial charge < -0.3 is 15.7 Å². The van der Waals surface area contributed by atoms with Gasteiger partial charge in [-0.2, -0.15) is 9.82 Å². The molecule has 0 unspecified atom stereocenters. The van der Waals surface area contributed by atoms with Crippen LogP contribution >= 0.6 is 0 Å². The van der Waals surface area contributed by atoms with Gasteiger partial charge in [-0.3, -0.25) is 14.5 Å². The van der Waals surface area contributed by atoms with E-state index in [1.54, 1.807) is 50.5 Å². The topological polar surface area (TPSA) is 171 Å². The van der Waals surface area contributed by atoms with Gasteiger partial charge in [-0.15, -0.1) is 0 Å². The third-order valence-corrected chi connectivity index (χ3v) is 12.2. The average Bonchev–Trinajstić information content (AvgIpc) is 3.88. The Morgan fingerprint density at radius 1 is 0.793 bits per heavy atom. The summed E-state index contributed by atoms with van der Waals surface area (Å²) in [5.41, 5.74) is 2.47. The van der Waals surface area contributed by atoms with Crippen LogP contribution in [-0.4, -0.2) is 57.4 Å². The van der Waals surface area contributed by atoms with Crippen LogP contribution in [0.25, 0.3) is 10.9 Å². The molecule has 5 N–H and O–H groups in total. The van der Waals surface area contributed by atoms with Gasteiger partial charge in [0.2, 0.25) is 21.6 Å². The number of imidazole rings is 1. The van der Waals surface area contributed by atoms with E-state index in [0.29, 0.717) is 40.9 Å². The van der Waals surface area contributed by atoms with E-state index >= 15 is 0 Å². The van der Waals surface area contributed by atoms with Gasteiger partial charge in [0, 0.05) is 29.9 Å². The maximum absolute atomic E-state index is 14.1. The number of benzene rings is 5. The van der Waals surface area contributed by atoms with E-state index in [0.717, 1.165) is 22.3 Å². The number of hydrogen-bond donors (Lipinski definition) is 5. The second-order valence-corrected chi connectivity index (χ2v) is 16.1. The molecule has 0 aliphatic carbocycles. The Labute approximate surface area is 337 Å². The number of fused-ring (bicyclic) bond motifs is 1. The highest BCUT2D eigenvalue weighted by Gasteiger charge is 2.45. The number of aryl methyl sites for hydroxylation is 3. The lowest BCUT2D eigenvalue weighted by molar-refractivity contribution is -0.145. The molecule has 2 aromatic heterocycles. The zero-order valence-electron chi connectivity index (χ0n) is 32.4. The number of amides is 1. The van der Waals surface area contributed by atoms with Gasteiger partial charge in [-0.25, -0.2) is 18.2 Å². The second-order valence-electron chi connectivity index (χ2n) is 14.5. The monoisotopic (exact) mass is 795 g/mol. The fraction of sp³-hybridized carbons (Fsp3) is 0.200. The summed E-state index contributed by atoms with van der Waals surface area (Å²) in [6, 6.07) is 38.8. The van der Waals surface area contributed by atoms with Gasteiger partial charge in [0.25, 0.3) is 5.91 Å². The minimum atomic E-state index is -4.46. The zero-order valence-corrected chi connectivity index (χ0v) is 33.3. The normalized spacial score (nSPS) is 12.9. The van der Waals surface area contributed by atoms with E-state index in [1.165, 1.54) is 6.07 Å². The summed E-state index contributed by atoms with van der Waals surface area (Å²) in [6.07, 6.45) is 5.56. The van der Waals surface area contributed by atoms with Crippen LogP contribution in [0.5, 0.6) is 0 Å². The Kier molecular flexibility index (Phi) is 11.3. The fourth-order valence-corrected chi connectivity index (χ4v) is 9.71. The molecular weight excluding hydrogens is 751 g/mol. The lowest BCUT2D eigenvalue weighted by Gasteiger charge is -2.38. The number of carbonyl (C=O) groups is 2. The van der Waals surface area contributed by atoms with Gasteiger partial charge in [0.1, 0.15) is 5.54 Å². The molecule has 296 valence electrons. The zero-order chi connectivity index (χ0) is 40.9. The van der Waals surface area contributed by atoms with Crippen molar-refractivity contribution in [1.29, 1.82) is 0 Å². The van der Waals surface area contributed by atoms with E-state index in [2.05, 4.69) is 66.5 Å². The molecule has 1 atom stereocenters. The molecule has 13 heteroatoms. The SMILES string of the molecule is Cc1cc(C)c(S(=O)(=O)N[C@](CCCCNc2nccn2C(c2ccccc2)(c2ccccc2)c2ccccc2)(NC(=O)c2ccc3[nH]ncc3c2)C(=O)O)c(C)c1. The highest BCUT2D eigenvalue weighted by atomic mass is 32.2. The number of sulfonamides is 1. The van der Waals surface area contributed by atoms with Gasteiger partial charge in [-0.05, 0) is 86.1 Å². The van der Waals surface area contributed by atoms with Crippen molar-refractivity contribution >= 4 is 38.8 Å². The molecule has 0 fully saturated rings. The lowest BCUT2D eigenvalue weighted by Crippen LogP contribution is -2.65. The molecule has 0 aliphatic heterocycles. The molecule has 7 rings (SSSR count). The first-order valence-corrected chi connectivity index (χ1v) is 20.5. The molecule has 7 aromatic rings. The molecule has 1 amide bonds. The highest BCUT2D eigenvalue weighted by Crippen LogP contribution is 2.42. The van der Waals surface area contributed by atoms with Crippen molar-refractivity contribution in [3.8, 4) is 0 Å². The third kappa shape index (κ3) is 7.73. The largest absolute Gasteiger partial charge is 0.478 e. The van der Waals surface area contributed by atoms with Crippen LogP contribution in [0.2, 0.25) is 0 Å². The molecule has 0 saturated heterocycles. The van der Waals surface area contributed by atoms with Crippen molar-refractivity contribution in [3.05, 3.63) is 179 Å². The maximum atomic E-state index is 14.1. The molecule has 0 aliphatic rings. The number of nitrogens with zero attached hydrogens (tertiary/aromatic N) is 3. The second kappa shape index (κ2) is 16.5. The Morgan fingerprint density at radius 3 is 1.95 bits per heavy atom. The molecule has 5 aromatic carbocycles. The number of aromatic nitrogens is 4. The number of aromatic amines is 1. The number of aliphatic carboxylic acids is 1. The molecule has 0 spiro atoms. The van der Waals surface area contributed by atoms with E-state index in [9.17, 15) is 23.1 Å². The van der Waals surface area contributed by atoms with Crippen molar-refractivity contribution in [2.45, 2.75) is 56.1 Å². The van der Waals surface area contributed by atoms with E-state index in [-0.39, 0.29) is 23.3 Å². The lowest BCUT2D eigenvalue weighted by atomic mass is 9.76. The van der Waals surface area contributed by atoms with Crippen LogP contribution in [0, 0.1) is 20.8 Å². The van der Waals surface area contributed by atoms with Crippen LogP contribution in [0.3, 0.4) is 0 Å². The van der Waals surface area contributed by atoms with Crippen molar-refractivity contribution in [1.82, 2.24) is 29.8 Å². The molecule has 58 heavy (non-hydrogen) atoms. The summed E-state index contributed by atoms with van der Waals surface area (Å²) in [5, 5.41) is 24.3. The number of H-pyrrole nitrogens is 1. The fourth-order valence-electron chi connectivity index (χ4n) is 7.94. The first-order chi connectivity index (χ1) is 27.9. The Morgan fingerprint density at radius 2 is 1.38 bits per heavy atom. The van der Waals surface area contributed by atoms with E-state index < -0.39 is 33.1 Å². The standard InChI is InChI=1S/C45H45N7O5S/c1-31-27-32(2)40(33(3)28-31)58(56,57)51-44(42(54)55,49-41(53)34-21-22-39-35(29-34)30-48-50-39)23-13-14-24-46-43-47-25-26-52(43)45(36-15-7-4-8-16-36,37-17-9-5-10-18-37)38-19-11-6-12-20-38/h4-12,15-22,25-30,51H,13-14,23-24H2,1-3H3,(H,46,47)(H,48,50)(H,49,53)(H,54,55)/t44-/m0/s1. The third-order valence-electron chi connectivity index (χ3n) is 10.4. The number of rotatable bonds is 16. The van der Waals surface area contributed by atoms with Crippen LogP contribution in [0.15, 0.2) is 145 Å². The Bertz CT molecular complexity index is 2540. The first-order valence-electron chi connectivity index (χ1n) is 19.0. The summed E-state index contributed by atoms with van der Waals surface area (Å²) >= 11 is 0. The summed E-state index contributed by atoms with van der Waals surface area (Å²) in [4.78, 5) is 31.8. The van der Waals surface area contributed by atoms with Crippen LogP contribution < -0.4 is 15.4 Å². The van der Waals surface area contributed by atoms with Crippen molar-refractivity contribution in [3.63, 3.8) is 0 Å². The molecule has 0 bridgehead atoms. The minimum absolute atomic E-state index is 0.0370. The summed E-state index contributed by atoms with van der Waals surface area (Å²) in [7, 11) is -4.46. The van der Waals surface area contributed by atoms with Gasteiger partial charge in [0.05, 0.1) is 16.6 Å². The Balaban J connectivity index is 1.18. The predicted octanol–water partition coefficient (Wildman–Crippen LogP) is 7.30. The molecule has 0 radical (unpaired) electrons. The van der Waals surface area contributed by atoms with Crippen molar-refractivity contribution in [2.24, 2.45) is 0 Å². The number of carbonyl (C=O) groups excluding carboxylic acids is 1.